The highest BCUT2D eigenvalue weighted by Gasteiger charge is 2.35. The molecule has 0 spiro atoms. The molecule has 0 saturated carbocycles. The molecule has 0 unspecified atom stereocenters. The Morgan fingerprint density at radius 1 is 0.970 bits per heavy atom. The van der Waals surface area contributed by atoms with Crippen molar-refractivity contribution in [2.75, 3.05) is 6.54 Å². The summed E-state index contributed by atoms with van der Waals surface area (Å²) in [4.78, 5) is 10.8. The number of benzene rings is 3. The van der Waals surface area contributed by atoms with Crippen LogP contribution in [0.5, 0.6) is 23.0 Å². The number of ether oxygens (including phenoxy) is 2. The Labute approximate surface area is 188 Å². The molecule has 1 heterocycles. The van der Waals surface area contributed by atoms with Crippen molar-refractivity contribution in [3.05, 3.63) is 82.9 Å². The van der Waals surface area contributed by atoms with Crippen LogP contribution < -0.4 is 14.8 Å². The third-order valence-electron chi connectivity index (χ3n) is 5.34. The molecule has 1 aliphatic rings. The number of alkyl halides is 3. The molecule has 0 radical (unpaired) electrons. The van der Waals surface area contributed by atoms with Gasteiger partial charge in [0, 0.05) is 18.5 Å². The normalized spacial score (nSPS) is 13.3. The van der Waals surface area contributed by atoms with Gasteiger partial charge in [0.2, 0.25) is 0 Å². The van der Waals surface area contributed by atoms with E-state index in [1.807, 2.05) is 12.1 Å². The lowest BCUT2D eigenvalue weighted by atomic mass is 10.0. The first kappa shape index (κ1) is 22.7. The Hall–Kier alpha value is -3.52. The Balaban J connectivity index is 1.60. The number of fused-ring (bicyclic) bond motifs is 1. The summed E-state index contributed by atoms with van der Waals surface area (Å²) < 4.78 is 52.9. The third kappa shape index (κ3) is 5.64. The van der Waals surface area contributed by atoms with Gasteiger partial charge in [0.15, 0.2) is 0 Å². The summed E-state index contributed by atoms with van der Waals surface area (Å²) in [5.74, 6) is -0.537. The van der Waals surface area contributed by atoms with E-state index in [1.54, 1.807) is 18.2 Å². The van der Waals surface area contributed by atoms with Gasteiger partial charge in [-0.3, -0.25) is 4.79 Å². The molecule has 3 aromatic carbocycles. The second-order valence-corrected chi connectivity index (χ2v) is 7.72. The number of carbonyl (C=O) groups is 1. The Bertz CT molecular complexity index is 1160. The first-order valence-electron chi connectivity index (χ1n) is 10.5. The molecule has 4 rings (SSSR count). The zero-order valence-corrected chi connectivity index (χ0v) is 17.6. The van der Waals surface area contributed by atoms with E-state index >= 15 is 0 Å². The molecular weight excluding hydrogens is 435 g/mol. The number of hydrogen-bond acceptors (Lipinski definition) is 4. The zero-order chi connectivity index (χ0) is 23.4. The van der Waals surface area contributed by atoms with Crippen LogP contribution in [-0.4, -0.2) is 17.6 Å². The lowest BCUT2D eigenvalue weighted by Crippen LogP contribution is -2.23. The van der Waals surface area contributed by atoms with Crippen molar-refractivity contribution in [3.63, 3.8) is 0 Å². The number of carboxylic acid groups (broad SMARTS) is 1. The van der Waals surface area contributed by atoms with Crippen LogP contribution in [0, 0.1) is 0 Å². The van der Waals surface area contributed by atoms with Crippen LogP contribution in [0.15, 0.2) is 60.7 Å². The van der Waals surface area contributed by atoms with Crippen LogP contribution in [0.25, 0.3) is 0 Å². The monoisotopic (exact) mass is 457 g/mol. The maximum atomic E-state index is 13.8. The van der Waals surface area contributed by atoms with Gasteiger partial charge in [0.1, 0.15) is 28.6 Å². The van der Waals surface area contributed by atoms with E-state index in [-0.39, 0.29) is 30.1 Å². The minimum atomic E-state index is -4.66. The fourth-order valence-electron chi connectivity index (χ4n) is 3.73. The van der Waals surface area contributed by atoms with Gasteiger partial charge in [-0.25, -0.2) is 0 Å². The maximum Gasteiger partial charge on any atom is 0.420 e. The largest absolute Gasteiger partial charge is 0.481 e. The van der Waals surface area contributed by atoms with E-state index in [9.17, 15) is 18.0 Å². The first-order valence-corrected chi connectivity index (χ1v) is 10.5. The Morgan fingerprint density at radius 3 is 2.52 bits per heavy atom. The molecule has 0 aliphatic carbocycles. The van der Waals surface area contributed by atoms with Crippen molar-refractivity contribution in [3.8, 4) is 23.0 Å². The van der Waals surface area contributed by atoms with Crippen LogP contribution in [0.1, 0.15) is 28.7 Å². The number of carboxylic acids is 1. The summed E-state index contributed by atoms with van der Waals surface area (Å²) in [5.41, 5.74) is 1.76. The molecule has 0 bridgehead atoms. The molecular formula is C25H22F3NO4. The molecule has 0 saturated heterocycles. The van der Waals surface area contributed by atoms with E-state index in [1.165, 1.54) is 24.3 Å². The van der Waals surface area contributed by atoms with E-state index < -0.39 is 17.7 Å². The summed E-state index contributed by atoms with van der Waals surface area (Å²) in [6.07, 6.45) is -3.66. The van der Waals surface area contributed by atoms with Crippen molar-refractivity contribution in [1.82, 2.24) is 5.32 Å². The summed E-state index contributed by atoms with van der Waals surface area (Å²) in [7, 11) is 0. The number of nitrogens with one attached hydrogen (secondary N) is 1. The number of hydrogen-bond donors (Lipinski definition) is 2. The summed E-state index contributed by atoms with van der Waals surface area (Å²) in [5, 5.41) is 12.1. The van der Waals surface area contributed by atoms with Crippen LogP contribution in [0.3, 0.4) is 0 Å². The number of halogens is 3. The van der Waals surface area contributed by atoms with Crippen molar-refractivity contribution >= 4 is 5.97 Å². The molecule has 0 aromatic heterocycles. The van der Waals surface area contributed by atoms with E-state index in [0.717, 1.165) is 30.2 Å². The van der Waals surface area contributed by atoms with Crippen molar-refractivity contribution in [1.29, 1.82) is 0 Å². The number of aliphatic carboxylic acids is 1. The molecule has 5 nitrogen and oxygen atoms in total. The van der Waals surface area contributed by atoms with Crippen molar-refractivity contribution in [2.24, 2.45) is 0 Å². The predicted octanol–water partition coefficient (Wildman–Crippen LogP) is 5.95. The number of aryl methyl sites for hydroxylation is 1. The summed E-state index contributed by atoms with van der Waals surface area (Å²) >= 11 is 0. The van der Waals surface area contributed by atoms with Crippen LogP contribution in [0.4, 0.5) is 13.2 Å². The highest BCUT2D eigenvalue weighted by atomic mass is 19.4. The van der Waals surface area contributed by atoms with Gasteiger partial charge in [0.05, 0.1) is 0 Å². The molecule has 1 aliphatic heterocycles. The lowest BCUT2D eigenvalue weighted by molar-refractivity contribution is -0.139. The topological polar surface area (TPSA) is 67.8 Å². The Morgan fingerprint density at radius 2 is 1.73 bits per heavy atom. The predicted molar refractivity (Wildman–Crippen MR) is 116 cm³/mol. The van der Waals surface area contributed by atoms with Gasteiger partial charge in [-0.05, 0) is 66.9 Å². The van der Waals surface area contributed by atoms with Crippen molar-refractivity contribution < 1.29 is 32.5 Å². The average Bonchev–Trinajstić information content (AvgIpc) is 2.78. The smallest absolute Gasteiger partial charge is 0.420 e. The Kier molecular flexibility index (Phi) is 6.55. The first-order chi connectivity index (χ1) is 15.8. The standard InChI is InChI=1S/C25H22F3NO4/c26-25(27,28)21-14-19(32-22-6-2-4-17-11-12-29-15-20(17)22)8-9-23(21)33-18-5-1-3-16(13-18)7-10-24(30)31/h1-6,8-9,13-14,29H,7,10-12,15H2,(H,30,31). The fourth-order valence-corrected chi connectivity index (χ4v) is 3.73. The van der Waals surface area contributed by atoms with Gasteiger partial charge in [-0.2, -0.15) is 13.2 Å². The van der Waals surface area contributed by atoms with Gasteiger partial charge < -0.3 is 19.9 Å². The van der Waals surface area contributed by atoms with E-state index in [2.05, 4.69) is 5.32 Å². The lowest BCUT2D eigenvalue weighted by Gasteiger charge is -2.21. The molecule has 3 aromatic rings. The fraction of sp³-hybridized carbons (Fsp3) is 0.240. The SMILES string of the molecule is O=C(O)CCc1cccc(Oc2ccc(Oc3cccc4c3CNCC4)cc2C(F)(F)F)c1. The van der Waals surface area contributed by atoms with Crippen LogP contribution in [-0.2, 0) is 30.4 Å². The number of rotatable bonds is 7. The molecule has 0 fully saturated rings. The van der Waals surface area contributed by atoms with Gasteiger partial charge in [0.25, 0.3) is 0 Å². The summed E-state index contributed by atoms with van der Waals surface area (Å²) in [6.45, 7) is 1.44. The maximum absolute atomic E-state index is 13.8. The molecule has 33 heavy (non-hydrogen) atoms. The summed E-state index contributed by atoms with van der Waals surface area (Å²) in [6, 6.07) is 15.5. The van der Waals surface area contributed by atoms with E-state index in [0.29, 0.717) is 17.9 Å². The molecule has 2 N–H and O–H groups in total. The highest BCUT2D eigenvalue weighted by Crippen LogP contribution is 2.41. The minimum Gasteiger partial charge on any atom is -0.481 e. The molecule has 0 atom stereocenters. The van der Waals surface area contributed by atoms with Gasteiger partial charge >= 0.3 is 12.1 Å². The minimum absolute atomic E-state index is 0.0591. The molecule has 172 valence electrons. The van der Waals surface area contributed by atoms with E-state index in [4.69, 9.17) is 14.6 Å². The zero-order valence-electron chi connectivity index (χ0n) is 17.6. The second kappa shape index (κ2) is 9.54. The quantitative estimate of drug-likeness (QED) is 0.459. The average molecular weight is 457 g/mol. The van der Waals surface area contributed by atoms with Crippen LogP contribution in [0.2, 0.25) is 0 Å². The third-order valence-corrected chi connectivity index (χ3v) is 5.34. The second-order valence-electron chi connectivity index (χ2n) is 7.72. The van der Waals surface area contributed by atoms with Gasteiger partial charge in [-0.1, -0.05) is 24.3 Å². The van der Waals surface area contributed by atoms with Gasteiger partial charge in [-0.15, -0.1) is 0 Å². The van der Waals surface area contributed by atoms with Crippen LogP contribution >= 0.6 is 0 Å². The highest BCUT2D eigenvalue weighted by molar-refractivity contribution is 5.67. The van der Waals surface area contributed by atoms with Crippen molar-refractivity contribution in [2.45, 2.75) is 32.0 Å². The molecule has 8 heteroatoms. The molecule has 0 amide bonds.